The minimum Gasteiger partial charge on any atom is -0.381 e. The summed E-state index contributed by atoms with van der Waals surface area (Å²) in [7, 11) is 0. The third-order valence-corrected chi connectivity index (χ3v) is 4.78. The number of amides is 1. The quantitative estimate of drug-likeness (QED) is 0.708. The van der Waals surface area contributed by atoms with E-state index in [2.05, 4.69) is 20.3 Å². The first-order valence-electron chi connectivity index (χ1n) is 8.45. The number of fused-ring (bicyclic) bond motifs is 1. The van der Waals surface area contributed by atoms with E-state index in [4.69, 9.17) is 17.3 Å². The lowest BCUT2D eigenvalue weighted by molar-refractivity contribution is 0.102. The van der Waals surface area contributed by atoms with Gasteiger partial charge >= 0.3 is 0 Å². The molecule has 1 atom stereocenters. The number of hydrogen-bond acceptors (Lipinski definition) is 5. The van der Waals surface area contributed by atoms with Gasteiger partial charge in [-0.3, -0.25) is 9.79 Å². The molecule has 0 spiro atoms. The summed E-state index contributed by atoms with van der Waals surface area (Å²) in [6.45, 7) is 2.16. The first kappa shape index (κ1) is 18.1. The highest BCUT2D eigenvalue weighted by atomic mass is 35.5. The topological polar surface area (TPSA) is 98.2 Å². The Morgan fingerprint density at radius 1 is 1.32 bits per heavy atom. The first-order chi connectivity index (χ1) is 13.4. The monoisotopic (exact) mass is 398 g/mol. The number of nitrogens with zero attached hydrogens (tertiary/aromatic N) is 4. The standard InChI is InChI=1S/C19H16ClFN6O/c1-19(10-27-7-6-23-17(27)16(22)26-19)13-8-12(3-4-14(13)21)25-18(28)15-5-2-11(20)9-24-15/h2-9H,10H2,1H3,(H2,22,26)(H,25,28). The molecule has 2 aromatic heterocycles. The Balaban J connectivity index is 1.65. The van der Waals surface area contributed by atoms with E-state index in [0.717, 1.165) is 0 Å². The first-order valence-corrected chi connectivity index (χ1v) is 8.83. The summed E-state index contributed by atoms with van der Waals surface area (Å²) < 4.78 is 16.5. The van der Waals surface area contributed by atoms with E-state index in [1.54, 1.807) is 31.5 Å². The summed E-state index contributed by atoms with van der Waals surface area (Å²) in [4.78, 5) is 25.0. The van der Waals surface area contributed by atoms with Crippen LogP contribution in [0.5, 0.6) is 0 Å². The molecule has 0 aliphatic carbocycles. The van der Waals surface area contributed by atoms with Crippen LogP contribution in [0.25, 0.3) is 0 Å². The Labute approximate surface area is 165 Å². The Morgan fingerprint density at radius 2 is 2.14 bits per heavy atom. The highest BCUT2D eigenvalue weighted by Gasteiger charge is 2.35. The Hall–Kier alpha value is -3.26. The number of halogens is 2. The third kappa shape index (κ3) is 3.22. The number of nitrogens with one attached hydrogen (secondary N) is 1. The van der Waals surface area contributed by atoms with Gasteiger partial charge in [0.05, 0.1) is 11.6 Å². The zero-order valence-electron chi connectivity index (χ0n) is 14.9. The molecule has 1 aromatic carbocycles. The second kappa shape index (κ2) is 6.72. The van der Waals surface area contributed by atoms with Gasteiger partial charge in [0.25, 0.3) is 5.91 Å². The summed E-state index contributed by atoms with van der Waals surface area (Å²) in [5, 5.41) is 3.15. The van der Waals surface area contributed by atoms with Crippen molar-refractivity contribution in [3.63, 3.8) is 0 Å². The van der Waals surface area contributed by atoms with E-state index in [-0.39, 0.29) is 11.5 Å². The van der Waals surface area contributed by atoms with Gasteiger partial charge in [-0.25, -0.2) is 14.4 Å². The maximum Gasteiger partial charge on any atom is 0.274 e. The molecule has 9 heteroatoms. The number of nitrogens with two attached hydrogens (primary N) is 1. The number of benzene rings is 1. The molecule has 1 aliphatic rings. The molecule has 3 heterocycles. The molecular weight excluding hydrogens is 383 g/mol. The van der Waals surface area contributed by atoms with Crippen LogP contribution in [0.2, 0.25) is 5.02 Å². The normalized spacial score (nSPS) is 18.3. The molecule has 1 unspecified atom stereocenters. The zero-order valence-corrected chi connectivity index (χ0v) is 15.6. The summed E-state index contributed by atoms with van der Waals surface area (Å²) in [6.07, 6.45) is 4.77. The van der Waals surface area contributed by atoms with Crippen LogP contribution in [0, 0.1) is 5.82 Å². The predicted octanol–water partition coefficient (Wildman–Crippen LogP) is 2.96. The molecule has 0 saturated heterocycles. The molecule has 0 saturated carbocycles. The summed E-state index contributed by atoms with van der Waals surface area (Å²) >= 11 is 5.79. The predicted molar refractivity (Wildman–Crippen MR) is 104 cm³/mol. The number of aromatic nitrogens is 3. The summed E-state index contributed by atoms with van der Waals surface area (Å²) in [5.74, 6) is -0.0812. The van der Waals surface area contributed by atoms with Gasteiger partial charge in [-0.05, 0) is 37.3 Å². The molecular formula is C19H16ClFN6O. The van der Waals surface area contributed by atoms with Gasteiger partial charge < -0.3 is 15.6 Å². The molecule has 7 nitrogen and oxygen atoms in total. The van der Waals surface area contributed by atoms with Crippen LogP contribution in [0.1, 0.15) is 28.8 Å². The zero-order chi connectivity index (χ0) is 19.9. The van der Waals surface area contributed by atoms with Crippen LogP contribution >= 0.6 is 11.6 Å². The second-order valence-electron chi connectivity index (χ2n) is 6.66. The molecule has 1 amide bonds. The molecule has 0 fully saturated rings. The van der Waals surface area contributed by atoms with Gasteiger partial charge in [-0.15, -0.1) is 0 Å². The van der Waals surface area contributed by atoms with Crippen LogP contribution in [0.3, 0.4) is 0 Å². The van der Waals surface area contributed by atoms with Gasteiger partial charge in [0, 0.05) is 29.8 Å². The fraction of sp³-hybridized carbons (Fsp3) is 0.158. The molecule has 3 aromatic rings. The lowest BCUT2D eigenvalue weighted by atomic mass is 9.90. The molecule has 142 valence electrons. The van der Waals surface area contributed by atoms with Gasteiger partial charge in [-0.1, -0.05) is 11.6 Å². The summed E-state index contributed by atoms with van der Waals surface area (Å²) in [5.41, 5.74) is 6.01. The summed E-state index contributed by atoms with van der Waals surface area (Å²) in [6, 6.07) is 7.41. The number of amidine groups is 1. The van der Waals surface area contributed by atoms with Crippen molar-refractivity contribution in [3.05, 3.63) is 76.8 Å². The SMILES string of the molecule is CC1(c2cc(NC(=O)c3ccc(Cl)cn3)ccc2F)Cn2ccnc2C(N)=N1. The molecule has 28 heavy (non-hydrogen) atoms. The number of rotatable bonds is 3. The van der Waals surface area contributed by atoms with Crippen molar-refractivity contribution in [1.82, 2.24) is 14.5 Å². The fourth-order valence-corrected chi connectivity index (χ4v) is 3.33. The molecule has 1 aliphatic heterocycles. The molecule has 3 N–H and O–H groups in total. The van der Waals surface area contributed by atoms with E-state index < -0.39 is 17.3 Å². The van der Waals surface area contributed by atoms with Crippen molar-refractivity contribution in [3.8, 4) is 0 Å². The van der Waals surface area contributed by atoms with Crippen molar-refractivity contribution in [2.45, 2.75) is 19.0 Å². The number of aliphatic imine (C=N–C) groups is 1. The lowest BCUT2D eigenvalue weighted by Gasteiger charge is -2.31. The van der Waals surface area contributed by atoms with E-state index in [1.165, 1.54) is 24.4 Å². The minimum absolute atomic E-state index is 0.199. The Morgan fingerprint density at radius 3 is 2.89 bits per heavy atom. The van der Waals surface area contributed by atoms with Crippen LogP contribution in [-0.2, 0) is 12.1 Å². The van der Waals surface area contributed by atoms with E-state index in [1.807, 2.05) is 4.57 Å². The number of imidazole rings is 1. The van der Waals surface area contributed by atoms with Crippen molar-refractivity contribution in [2.75, 3.05) is 5.32 Å². The van der Waals surface area contributed by atoms with Crippen LogP contribution in [-0.4, -0.2) is 26.3 Å². The maximum absolute atomic E-state index is 14.7. The van der Waals surface area contributed by atoms with Crippen molar-refractivity contribution in [2.24, 2.45) is 10.7 Å². The number of hydrogen-bond donors (Lipinski definition) is 2. The van der Waals surface area contributed by atoms with Gasteiger partial charge in [-0.2, -0.15) is 0 Å². The van der Waals surface area contributed by atoms with E-state index >= 15 is 0 Å². The number of anilines is 1. The van der Waals surface area contributed by atoms with E-state index in [0.29, 0.717) is 28.6 Å². The third-order valence-electron chi connectivity index (χ3n) is 4.55. The second-order valence-corrected chi connectivity index (χ2v) is 7.10. The average Bonchev–Trinajstić information content (AvgIpc) is 3.12. The van der Waals surface area contributed by atoms with Crippen molar-refractivity contribution < 1.29 is 9.18 Å². The Kier molecular flexibility index (Phi) is 4.35. The molecule has 0 bridgehead atoms. The number of pyridine rings is 1. The minimum atomic E-state index is -0.943. The van der Waals surface area contributed by atoms with Crippen molar-refractivity contribution >= 4 is 29.0 Å². The van der Waals surface area contributed by atoms with Gasteiger partial charge in [0.15, 0.2) is 11.7 Å². The van der Waals surface area contributed by atoms with Crippen molar-refractivity contribution in [1.29, 1.82) is 0 Å². The highest BCUT2D eigenvalue weighted by molar-refractivity contribution is 6.30. The maximum atomic E-state index is 14.7. The van der Waals surface area contributed by atoms with Gasteiger partial charge in [0.2, 0.25) is 0 Å². The molecule has 4 rings (SSSR count). The van der Waals surface area contributed by atoms with Crippen LogP contribution in [0.15, 0.2) is 53.9 Å². The smallest absolute Gasteiger partial charge is 0.274 e. The number of carbonyl (C=O) groups excluding carboxylic acids is 1. The van der Waals surface area contributed by atoms with Crippen LogP contribution < -0.4 is 11.1 Å². The lowest BCUT2D eigenvalue weighted by Crippen LogP contribution is -2.37. The van der Waals surface area contributed by atoms with E-state index in [9.17, 15) is 9.18 Å². The highest BCUT2D eigenvalue weighted by Crippen LogP contribution is 2.34. The van der Waals surface area contributed by atoms with Crippen LogP contribution in [0.4, 0.5) is 10.1 Å². The number of carbonyl (C=O) groups is 1. The molecule has 0 radical (unpaired) electrons. The largest absolute Gasteiger partial charge is 0.381 e. The van der Waals surface area contributed by atoms with Gasteiger partial charge in [0.1, 0.15) is 17.1 Å². The average molecular weight is 399 g/mol. The fourth-order valence-electron chi connectivity index (χ4n) is 3.22. The Bertz CT molecular complexity index is 1090.